The van der Waals surface area contributed by atoms with Crippen molar-refractivity contribution < 1.29 is 4.79 Å². The summed E-state index contributed by atoms with van der Waals surface area (Å²) in [5.74, 6) is 2.08. The van der Waals surface area contributed by atoms with Gasteiger partial charge in [0.25, 0.3) is 0 Å². The largest absolute Gasteiger partial charge is 0.308 e. The number of aromatic nitrogens is 2. The van der Waals surface area contributed by atoms with Gasteiger partial charge >= 0.3 is 0 Å². The fraction of sp³-hybridized carbons (Fsp3) is 0.688. The lowest BCUT2D eigenvalue weighted by Gasteiger charge is -2.38. The SMILES string of the molecule is Cn1cc(C#N)c(NC(=O)C2CCC3CCCCC3C2)n1. The van der Waals surface area contributed by atoms with E-state index in [4.69, 9.17) is 5.26 Å². The lowest BCUT2D eigenvalue weighted by molar-refractivity contribution is -0.122. The van der Waals surface area contributed by atoms with E-state index < -0.39 is 0 Å². The van der Waals surface area contributed by atoms with Crippen LogP contribution in [0.15, 0.2) is 6.20 Å². The maximum Gasteiger partial charge on any atom is 0.228 e. The van der Waals surface area contributed by atoms with Crippen molar-refractivity contribution in [1.82, 2.24) is 9.78 Å². The van der Waals surface area contributed by atoms with Gasteiger partial charge in [-0.05, 0) is 31.1 Å². The van der Waals surface area contributed by atoms with Crippen LogP contribution in [0.25, 0.3) is 0 Å². The fourth-order valence-corrected chi connectivity index (χ4v) is 3.99. The molecule has 1 aromatic heterocycles. The van der Waals surface area contributed by atoms with Crippen LogP contribution in [-0.4, -0.2) is 15.7 Å². The zero-order valence-electron chi connectivity index (χ0n) is 12.5. The van der Waals surface area contributed by atoms with E-state index in [1.807, 2.05) is 0 Å². The number of hydrogen-bond donors (Lipinski definition) is 1. The molecule has 0 aromatic carbocycles. The maximum atomic E-state index is 12.4. The maximum absolute atomic E-state index is 12.4. The summed E-state index contributed by atoms with van der Waals surface area (Å²) in [5, 5.41) is 16.1. The Hall–Kier alpha value is -1.83. The van der Waals surface area contributed by atoms with Gasteiger partial charge in [0.15, 0.2) is 5.82 Å². The van der Waals surface area contributed by atoms with Gasteiger partial charge in [0.1, 0.15) is 11.6 Å². The molecule has 1 amide bonds. The van der Waals surface area contributed by atoms with Crippen molar-refractivity contribution in [3.63, 3.8) is 0 Å². The molecule has 0 spiro atoms. The van der Waals surface area contributed by atoms with Gasteiger partial charge in [-0.2, -0.15) is 10.4 Å². The van der Waals surface area contributed by atoms with E-state index in [2.05, 4.69) is 16.5 Å². The van der Waals surface area contributed by atoms with Crippen LogP contribution >= 0.6 is 0 Å². The molecular weight excluding hydrogens is 264 g/mol. The average molecular weight is 286 g/mol. The topological polar surface area (TPSA) is 70.7 Å². The Morgan fingerprint density at radius 1 is 1.33 bits per heavy atom. The van der Waals surface area contributed by atoms with E-state index in [1.165, 1.54) is 32.1 Å². The van der Waals surface area contributed by atoms with Gasteiger partial charge in [0.2, 0.25) is 5.91 Å². The summed E-state index contributed by atoms with van der Waals surface area (Å²) in [6.45, 7) is 0. The molecule has 0 saturated heterocycles. The Balaban J connectivity index is 1.64. The first-order chi connectivity index (χ1) is 10.2. The predicted octanol–water partition coefficient (Wildman–Crippen LogP) is 2.84. The lowest BCUT2D eigenvalue weighted by atomic mass is 9.67. The quantitative estimate of drug-likeness (QED) is 0.908. The van der Waals surface area contributed by atoms with Gasteiger partial charge in [-0.15, -0.1) is 0 Å². The Labute approximate surface area is 125 Å². The molecule has 1 N–H and O–H groups in total. The van der Waals surface area contributed by atoms with Gasteiger partial charge in [-0.3, -0.25) is 9.48 Å². The molecule has 0 aliphatic heterocycles. The van der Waals surface area contributed by atoms with Crippen molar-refractivity contribution in [3.8, 4) is 6.07 Å². The smallest absolute Gasteiger partial charge is 0.228 e. The molecule has 1 aromatic rings. The highest BCUT2D eigenvalue weighted by Gasteiger charge is 2.35. The number of hydrogen-bond acceptors (Lipinski definition) is 3. The molecule has 3 rings (SSSR count). The number of carbonyl (C=O) groups excluding carboxylic acids is 1. The second-order valence-corrected chi connectivity index (χ2v) is 6.48. The highest BCUT2D eigenvalue weighted by Crippen LogP contribution is 2.42. The summed E-state index contributed by atoms with van der Waals surface area (Å²) >= 11 is 0. The Morgan fingerprint density at radius 2 is 2.10 bits per heavy atom. The zero-order chi connectivity index (χ0) is 14.8. The van der Waals surface area contributed by atoms with Crippen LogP contribution in [-0.2, 0) is 11.8 Å². The van der Waals surface area contributed by atoms with Crippen molar-refractivity contribution in [2.24, 2.45) is 24.8 Å². The first-order valence-electron chi connectivity index (χ1n) is 7.92. The molecule has 3 unspecified atom stereocenters. The number of amides is 1. The second kappa shape index (κ2) is 5.88. The third kappa shape index (κ3) is 2.94. The molecule has 2 aliphatic rings. The van der Waals surface area contributed by atoms with Crippen LogP contribution < -0.4 is 5.32 Å². The highest BCUT2D eigenvalue weighted by molar-refractivity contribution is 5.92. The number of nitriles is 1. The van der Waals surface area contributed by atoms with E-state index in [-0.39, 0.29) is 11.8 Å². The standard InChI is InChI=1S/C16H22N4O/c1-20-10-14(9-17)15(19-20)18-16(21)13-7-6-11-4-2-3-5-12(11)8-13/h10-13H,2-8H2,1H3,(H,18,19,21). The number of fused-ring (bicyclic) bond motifs is 1. The van der Waals surface area contributed by atoms with Crippen molar-refractivity contribution in [2.75, 3.05) is 5.32 Å². The van der Waals surface area contributed by atoms with Gasteiger partial charge < -0.3 is 5.32 Å². The van der Waals surface area contributed by atoms with Crippen LogP contribution in [0.5, 0.6) is 0 Å². The van der Waals surface area contributed by atoms with Crippen molar-refractivity contribution >= 4 is 11.7 Å². The molecule has 5 nitrogen and oxygen atoms in total. The van der Waals surface area contributed by atoms with E-state index in [9.17, 15) is 4.79 Å². The number of carbonyl (C=O) groups is 1. The average Bonchev–Trinajstić information content (AvgIpc) is 2.86. The van der Waals surface area contributed by atoms with E-state index >= 15 is 0 Å². The van der Waals surface area contributed by atoms with Gasteiger partial charge in [-0.25, -0.2) is 0 Å². The first-order valence-corrected chi connectivity index (χ1v) is 7.92. The highest BCUT2D eigenvalue weighted by atomic mass is 16.2. The molecule has 112 valence electrons. The second-order valence-electron chi connectivity index (χ2n) is 6.48. The van der Waals surface area contributed by atoms with Gasteiger partial charge in [0.05, 0.1) is 0 Å². The van der Waals surface area contributed by atoms with Crippen LogP contribution in [0.3, 0.4) is 0 Å². The molecule has 0 bridgehead atoms. The molecule has 5 heteroatoms. The van der Waals surface area contributed by atoms with Gasteiger partial charge in [-0.1, -0.05) is 25.7 Å². The molecule has 21 heavy (non-hydrogen) atoms. The monoisotopic (exact) mass is 286 g/mol. The molecule has 2 fully saturated rings. The van der Waals surface area contributed by atoms with Crippen molar-refractivity contribution in [2.45, 2.75) is 44.9 Å². The predicted molar refractivity (Wildman–Crippen MR) is 79.3 cm³/mol. The van der Waals surface area contributed by atoms with Gasteiger partial charge in [0, 0.05) is 19.2 Å². The summed E-state index contributed by atoms with van der Waals surface area (Å²) in [7, 11) is 1.75. The lowest BCUT2D eigenvalue weighted by Crippen LogP contribution is -2.34. The Bertz CT molecular complexity index is 571. The number of nitrogens with zero attached hydrogens (tertiary/aromatic N) is 3. The minimum Gasteiger partial charge on any atom is -0.308 e. The van der Waals surface area contributed by atoms with Crippen LogP contribution in [0, 0.1) is 29.1 Å². The zero-order valence-corrected chi connectivity index (χ0v) is 12.5. The Morgan fingerprint density at radius 3 is 2.86 bits per heavy atom. The number of rotatable bonds is 2. The van der Waals surface area contributed by atoms with Crippen LogP contribution in [0.2, 0.25) is 0 Å². The molecule has 2 saturated carbocycles. The molecule has 1 heterocycles. The molecule has 2 aliphatic carbocycles. The summed E-state index contributed by atoms with van der Waals surface area (Å²) in [5.41, 5.74) is 0.428. The van der Waals surface area contributed by atoms with Crippen LogP contribution in [0.1, 0.15) is 50.5 Å². The van der Waals surface area contributed by atoms with E-state index in [1.54, 1.807) is 17.9 Å². The Kier molecular flexibility index (Phi) is 3.96. The minimum atomic E-state index is 0.0363. The summed E-state index contributed by atoms with van der Waals surface area (Å²) in [4.78, 5) is 12.4. The molecular formula is C16H22N4O. The number of anilines is 1. The fourth-order valence-electron chi connectivity index (χ4n) is 3.99. The van der Waals surface area contributed by atoms with E-state index in [0.717, 1.165) is 24.7 Å². The third-order valence-corrected chi connectivity index (χ3v) is 5.10. The molecule has 0 radical (unpaired) electrons. The normalized spacial score (nSPS) is 28.5. The summed E-state index contributed by atoms with van der Waals surface area (Å²) in [6, 6.07) is 2.07. The van der Waals surface area contributed by atoms with Crippen molar-refractivity contribution in [1.29, 1.82) is 5.26 Å². The summed E-state index contributed by atoms with van der Waals surface area (Å²) in [6.07, 6.45) is 10.1. The van der Waals surface area contributed by atoms with Crippen molar-refractivity contribution in [3.05, 3.63) is 11.8 Å². The molecule has 3 atom stereocenters. The third-order valence-electron chi connectivity index (χ3n) is 5.10. The first kappa shape index (κ1) is 14.1. The van der Waals surface area contributed by atoms with E-state index in [0.29, 0.717) is 11.4 Å². The number of aryl methyl sites for hydroxylation is 1. The summed E-state index contributed by atoms with van der Waals surface area (Å²) < 4.78 is 1.56. The number of nitrogens with one attached hydrogen (secondary N) is 1. The van der Waals surface area contributed by atoms with Crippen LogP contribution in [0.4, 0.5) is 5.82 Å². The minimum absolute atomic E-state index is 0.0363.